The number of aryl methyl sites for hydroxylation is 3. The van der Waals surface area contributed by atoms with E-state index in [1.807, 2.05) is 57.2 Å². The van der Waals surface area contributed by atoms with Gasteiger partial charge in [-0.3, -0.25) is 14.3 Å². The van der Waals surface area contributed by atoms with Crippen molar-refractivity contribution in [3.8, 4) is 5.69 Å². The van der Waals surface area contributed by atoms with Crippen molar-refractivity contribution >= 4 is 33.5 Å². The second-order valence-electron chi connectivity index (χ2n) is 9.11. The van der Waals surface area contributed by atoms with Crippen molar-refractivity contribution in [2.24, 2.45) is 7.05 Å². The molecule has 0 saturated carbocycles. The van der Waals surface area contributed by atoms with Gasteiger partial charge in [0.25, 0.3) is 5.56 Å². The predicted molar refractivity (Wildman–Crippen MR) is 139 cm³/mol. The maximum Gasteiger partial charge on any atom is 0.339 e. The first kappa shape index (κ1) is 23.4. The zero-order chi connectivity index (χ0) is 25.7. The van der Waals surface area contributed by atoms with Gasteiger partial charge >= 0.3 is 5.63 Å². The minimum atomic E-state index is -0.477. The largest absolute Gasteiger partial charge is 0.461 e. The Morgan fingerprint density at radius 2 is 1.58 bits per heavy atom. The zero-order valence-corrected chi connectivity index (χ0v) is 20.9. The molecule has 3 aromatic heterocycles. The van der Waals surface area contributed by atoms with Gasteiger partial charge in [-0.05, 0) is 63.4 Å². The lowest BCUT2D eigenvalue weighted by Crippen LogP contribution is -2.23. The van der Waals surface area contributed by atoms with Crippen molar-refractivity contribution < 1.29 is 13.6 Å². The van der Waals surface area contributed by atoms with Crippen LogP contribution >= 0.6 is 0 Å². The van der Waals surface area contributed by atoms with Crippen molar-refractivity contribution in [1.29, 1.82) is 0 Å². The number of anilines is 1. The maximum absolute atomic E-state index is 13.1. The summed E-state index contributed by atoms with van der Waals surface area (Å²) in [7, 11) is 1.77. The van der Waals surface area contributed by atoms with E-state index in [9.17, 15) is 14.4 Å². The van der Waals surface area contributed by atoms with Crippen LogP contribution in [-0.2, 0) is 18.3 Å². The highest BCUT2D eigenvalue weighted by atomic mass is 16.4. The van der Waals surface area contributed by atoms with E-state index in [-0.39, 0.29) is 30.0 Å². The maximum atomic E-state index is 13.1. The van der Waals surface area contributed by atoms with Gasteiger partial charge in [-0.25, -0.2) is 9.48 Å². The molecule has 2 aromatic carbocycles. The second kappa shape index (κ2) is 8.71. The third kappa shape index (κ3) is 3.75. The van der Waals surface area contributed by atoms with Crippen molar-refractivity contribution in [3.05, 3.63) is 91.4 Å². The number of hydrogen-bond acceptors (Lipinski definition) is 5. The van der Waals surface area contributed by atoms with Crippen LogP contribution in [0.15, 0.2) is 60.9 Å². The van der Waals surface area contributed by atoms with E-state index in [1.165, 1.54) is 4.68 Å². The van der Waals surface area contributed by atoms with Crippen LogP contribution in [0.3, 0.4) is 0 Å². The standard InChI is InChI=1S/C28H27N3O5/c1-15-18(4)35-23-14-24-22(13-21(15)23)16(2)20(28(34)36-24)11-12-25(32)29-26-17(3)30(5)31(27(26)33)19-9-7-6-8-10-19/h6-10,13-14H,11-12H2,1-5H3,(H,29,32). The van der Waals surface area contributed by atoms with Gasteiger partial charge in [0, 0.05) is 35.9 Å². The molecule has 0 atom stereocenters. The van der Waals surface area contributed by atoms with Gasteiger partial charge < -0.3 is 14.2 Å². The SMILES string of the molecule is Cc1oc2cc3oc(=O)c(CCC(=O)Nc4c(C)n(C)n(-c5ccccc5)c4=O)c(C)c3cc2c1C. The summed E-state index contributed by atoms with van der Waals surface area (Å²) in [4.78, 5) is 38.7. The van der Waals surface area contributed by atoms with E-state index in [0.29, 0.717) is 28.1 Å². The van der Waals surface area contributed by atoms with E-state index in [0.717, 1.165) is 27.7 Å². The molecule has 0 fully saturated rings. The molecule has 0 saturated heterocycles. The first-order chi connectivity index (χ1) is 17.2. The van der Waals surface area contributed by atoms with E-state index in [4.69, 9.17) is 8.83 Å². The number of rotatable bonds is 5. The highest BCUT2D eigenvalue weighted by Gasteiger charge is 2.20. The molecule has 0 unspecified atom stereocenters. The molecule has 5 rings (SSSR count). The molecule has 8 nitrogen and oxygen atoms in total. The summed E-state index contributed by atoms with van der Waals surface area (Å²) < 4.78 is 14.6. The third-order valence-corrected chi connectivity index (χ3v) is 7.00. The van der Waals surface area contributed by atoms with E-state index in [2.05, 4.69) is 5.32 Å². The molecule has 1 N–H and O–H groups in total. The van der Waals surface area contributed by atoms with Gasteiger partial charge in [-0.2, -0.15) is 0 Å². The van der Waals surface area contributed by atoms with Gasteiger partial charge in [0.15, 0.2) is 0 Å². The van der Waals surface area contributed by atoms with Crippen molar-refractivity contribution in [2.75, 3.05) is 5.32 Å². The molecular formula is C28H27N3O5. The number of furan rings is 1. The summed E-state index contributed by atoms with van der Waals surface area (Å²) in [6.45, 7) is 7.53. The number of hydrogen-bond donors (Lipinski definition) is 1. The molecule has 8 heteroatoms. The monoisotopic (exact) mass is 485 g/mol. The summed E-state index contributed by atoms with van der Waals surface area (Å²) in [5.74, 6) is 0.469. The Morgan fingerprint density at radius 1 is 0.917 bits per heavy atom. The molecule has 0 aliphatic heterocycles. The molecule has 0 bridgehead atoms. The number of nitrogens with one attached hydrogen (secondary N) is 1. The smallest absolute Gasteiger partial charge is 0.339 e. The summed E-state index contributed by atoms with van der Waals surface area (Å²) in [5.41, 5.74) is 4.15. The topological polar surface area (TPSA) is 99.4 Å². The van der Waals surface area contributed by atoms with Crippen molar-refractivity contribution in [1.82, 2.24) is 9.36 Å². The Kier molecular flexibility index (Phi) is 5.67. The number of para-hydroxylation sites is 1. The molecule has 36 heavy (non-hydrogen) atoms. The average molecular weight is 486 g/mol. The summed E-state index contributed by atoms with van der Waals surface area (Å²) in [6.07, 6.45) is 0.221. The minimum Gasteiger partial charge on any atom is -0.461 e. The van der Waals surface area contributed by atoms with Gasteiger partial charge in [0.1, 0.15) is 22.6 Å². The number of fused-ring (bicyclic) bond motifs is 2. The van der Waals surface area contributed by atoms with Crippen LogP contribution in [0.2, 0.25) is 0 Å². The number of nitrogens with zero attached hydrogens (tertiary/aromatic N) is 2. The van der Waals surface area contributed by atoms with Crippen LogP contribution in [-0.4, -0.2) is 15.3 Å². The van der Waals surface area contributed by atoms with Gasteiger partial charge in [0.05, 0.1) is 11.4 Å². The second-order valence-corrected chi connectivity index (χ2v) is 9.11. The fourth-order valence-electron chi connectivity index (χ4n) is 4.67. The number of benzene rings is 2. The fraction of sp³-hybridized carbons (Fsp3) is 0.250. The van der Waals surface area contributed by atoms with Gasteiger partial charge in [0.2, 0.25) is 5.91 Å². The minimum absolute atomic E-state index is 0.0301. The lowest BCUT2D eigenvalue weighted by Gasteiger charge is -2.08. The Bertz CT molecular complexity index is 1770. The Balaban J connectivity index is 1.42. The zero-order valence-electron chi connectivity index (χ0n) is 20.9. The number of amides is 1. The van der Waals surface area contributed by atoms with E-state index < -0.39 is 5.63 Å². The molecule has 0 aliphatic carbocycles. The molecular weight excluding hydrogens is 458 g/mol. The van der Waals surface area contributed by atoms with Crippen LogP contribution in [0, 0.1) is 27.7 Å². The van der Waals surface area contributed by atoms with E-state index >= 15 is 0 Å². The molecule has 3 heterocycles. The lowest BCUT2D eigenvalue weighted by molar-refractivity contribution is -0.116. The molecule has 0 aliphatic rings. The van der Waals surface area contributed by atoms with Gasteiger partial charge in [-0.15, -0.1) is 0 Å². The summed E-state index contributed by atoms with van der Waals surface area (Å²) in [5, 5.41) is 4.53. The predicted octanol–water partition coefficient (Wildman–Crippen LogP) is 4.83. The molecule has 0 spiro atoms. The Labute approximate surface area is 206 Å². The fourth-order valence-corrected chi connectivity index (χ4v) is 4.67. The van der Waals surface area contributed by atoms with Crippen LogP contribution in [0.4, 0.5) is 5.69 Å². The van der Waals surface area contributed by atoms with Crippen LogP contribution in [0.1, 0.15) is 34.6 Å². The summed E-state index contributed by atoms with van der Waals surface area (Å²) >= 11 is 0. The van der Waals surface area contributed by atoms with Crippen molar-refractivity contribution in [2.45, 2.75) is 40.5 Å². The number of carbonyl (C=O) groups excluding carboxylic acids is 1. The average Bonchev–Trinajstić information content (AvgIpc) is 3.24. The molecule has 5 aromatic rings. The summed E-state index contributed by atoms with van der Waals surface area (Å²) in [6, 6.07) is 12.9. The quantitative estimate of drug-likeness (QED) is 0.359. The van der Waals surface area contributed by atoms with E-state index in [1.54, 1.807) is 24.7 Å². The number of carbonyl (C=O) groups is 1. The number of aromatic nitrogens is 2. The Morgan fingerprint density at radius 3 is 2.31 bits per heavy atom. The first-order valence-corrected chi connectivity index (χ1v) is 11.8. The molecule has 184 valence electrons. The van der Waals surface area contributed by atoms with Crippen molar-refractivity contribution in [3.63, 3.8) is 0 Å². The van der Waals surface area contributed by atoms with Crippen LogP contribution < -0.4 is 16.5 Å². The molecule has 1 amide bonds. The normalized spacial score (nSPS) is 11.5. The molecule has 0 radical (unpaired) electrons. The van der Waals surface area contributed by atoms with Gasteiger partial charge in [-0.1, -0.05) is 18.2 Å². The lowest BCUT2D eigenvalue weighted by atomic mass is 10.0. The van der Waals surface area contributed by atoms with Crippen LogP contribution in [0.25, 0.3) is 27.6 Å². The third-order valence-electron chi connectivity index (χ3n) is 7.00. The highest BCUT2D eigenvalue weighted by molar-refractivity contribution is 5.97. The highest BCUT2D eigenvalue weighted by Crippen LogP contribution is 2.31. The van der Waals surface area contributed by atoms with Crippen LogP contribution in [0.5, 0.6) is 0 Å². The first-order valence-electron chi connectivity index (χ1n) is 11.8. The Hall–Kier alpha value is -4.33.